The van der Waals surface area contributed by atoms with Crippen molar-refractivity contribution in [1.29, 1.82) is 5.26 Å². The zero-order valence-electron chi connectivity index (χ0n) is 29.6. The summed E-state index contributed by atoms with van der Waals surface area (Å²) < 4.78 is 16.8. The van der Waals surface area contributed by atoms with Gasteiger partial charge in [-0.25, -0.2) is 4.79 Å². The molecule has 1 aromatic rings. The van der Waals surface area contributed by atoms with Crippen molar-refractivity contribution in [1.82, 2.24) is 20.4 Å². The van der Waals surface area contributed by atoms with Crippen LogP contribution in [0.2, 0.25) is 0 Å². The van der Waals surface area contributed by atoms with Crippen molar-refractivity contribution in [2.45, 2.75) is 110 Å². The number of likely N-dealkylation sites (N-methyl/N-ethyl adjacent to an activating group) is 1. The van der Waals surface area contributed by atoms with Crippen LogP contribution < -0.4 is 15.4 Å². The molecule has 1 aromatic carbocycles. The van der Waals surface area contributed by atoms with Gasteiger partial charge >= 0.3 is 6.09 Å². The average molecular weight is 662 g/mol. The van der Waals surface area contributed by atoms with Crippen LogP contribution in [0.1, 0.15) is 76.3 Å². The van der Waals surface area contributed by atoms with E-state index in [1.807, 2.05) is 20.9 Å². The van der Waals surface area contributed by atoms with E-state index < -0.39 is 41.8 Å². The molecule has 12 heteroatoms. The molecule has 0 saturated carbocycles. The Morgan fingerprint density at radius 2 is 1.75 bits per heavy atom. The highest BCUT2D eigenvalue weighted by Crippen LogP contribution is 2.52. The molecular formula is C36H47N5O7. The molecule has 1 aliphatic carbocycles. The first kappa shape index (κ1) is 35.3. The molecule has 2 bridgehead atoms. The second-order valence-electron chi connectivity index (χ2n) is 14.4. The SMILES string of the molecule is COCOc1c(C)c(C)cc2c1C1C3CC4=C(C(=O)C(C)=C(C)C4=O)[C@H](CNC(=O)[C@H](C)NC(=O)OC(C)(C)C)N3[C@@H](C#N)[C@H](C2)N1C. The molecule has 2 amide bonds. The maximum atomic E-state index is 14.0. The number of hydrogen-bond acceptors (Lipinski definition) is 10. The first-order chi connectivity index (χ1) is 22.5. The Labute approximate surface area is 282 Å². The van der Waals surface area contributed by atoms with Crippen molar-refractivity contribution in [2.75, 3.05) is 27.5 Å². The molecule has 12 nitrogen and oxygen atoms in total. The van der Waals surface area contributed by atoms with Crippen molar-refractivity contribution < 1.29 is 33.4 Å². The number of rotatable bonds is 7. The van der Waals surface area contributed by atoms with E-state index in [-0.39, 0.29) is 43.4 Å². The number of ketones is 2. The van der Waals surface area contributed by atoms with Crippen molar-refractivity contribution >= 4 is 23.6 Å². The molecule has 4 aliphatic rings. The highest BCUT2D eigenvalue weighted by molar-refractivity contribution is 6.25. The van der Waals surface area contributed by atoms with Gasteiger partial charge in [-0.15, -0.1) is 0 Å². The summed E-state index contributed by atoms with van der Waals surface area (Å²) >= 11 is 0. The lowest BCUT2D eigenvalue weighted by Gasteiger charge is -2.60. The molecule has 5 rings (SSSR count). The van der Waals surface area contributed by atoms with Crippen LogP contribution in [0.5, 0.6) is 5.75 Å². The number of alkyl carbamates (subject to hydrolysis) is 1. The number of carbonyl (C=O) groups excluding carboxylic acids is 4. The molecule has 0 spiro atoms. The lowest BCUT2D eigenvalue weighted by molar-refractivity contribution is -0.124. The fraction of sp³-hybridized carbons (Fsp3) is 0.583. The van der Waals surface area contributed by atoms with E-state index in [0.717, 1.165) is 28.0 Å². The Balaban J connectivity index is 1.59. The van der Waals surface area contributed by atoms with Gasteiger partial charge in [0.05, 0.1) is 18.2 Å². The minimum Gasteiger partial charge on any atom is -0.467 e. The fourth-order valence-electron chi connectivity index (χ4n) is 7.76. The Morgan fingerprint density at radius 3 is 2.38 bits per heavy atom. The molecule has 0 radical (unpaired) electrons. The van der Waals surface area contributed by atoms with E-state index in [4.69, 9.17) is 14.2 Å². The number of ether oxygens (including phenoxy) is 3. The van der Waals surface area contributed by atoms with E-state index in [1.165, 1.54) is 0 Å². The van der Waals surface area contributed by atoms with E-state index in [2.05, 4.69) is 32.6 Å². The van der Waals surface area contributed by atoms with E-state index in [0.29, 0.717) is 28.7 Å². The molecule has 2 unspecified atom stereocenters. The molecule has 3 aliphatic heterocycles. The number of methoxy groups -OCH3 is 1. The number of allylic oxidation sites excluding steroid dienone is 2. The predicted octanol–water partition coefficient (Wildman–Crippen LogP) is 3.35. The first-order valence-electron chi connectivity index (χ1n) is 16.4. The first-order valence-corrected chi connectivity index (χ1v) is 16.4. The van der Waals surface area contributed by atoms with E-state index in [1.54, 1.807) is 48.7 Å². The van der Waals surface area contributed by atoms with Crippen LogP contribution in [0.3, 0.4) is 0 Å². The Hall–Kier alpha value is -4.05. The summed E-state index contributed by atoms with van der Waals surface area (Å²) in [4.78, 5) is 58.0. The number of amides is 2. The molecular weight excluding hydrogens is 614 g/mol. The number of nitrogens with one attached hydrogen (secondary N) is 2. The average Bonchev–Trinajstić information content (AvgIpc) is 3.01. The monoisotopic (exact) mass is 661 g/mol. The summed E-state index contributed by atoms with van der Waals surface area (Å²) in [6.07, 6.45) is 0.0898. The number of carbonyl (C=O) groups is 4. The zero-order chi connectivity index (χ0) is 35.4. The summed E-state index contributed by atoms with van der Waals surface area (Å²) in [7, 11) is 3.57. The molecule has 1 saturated heterocycles. The molecule has 2 N–H and O–H groups in total. The maximum Gasteiger partial charge on any atom is 0.408 e. The smallest absolute Gasteiger partial charge is 0.408 e. The number of hydrogen-bond donors (Lipinski definition) is 2. The third kappa shape index (κ3) is 6.04. The third-order valence-corrected chi connectivity index (χ3v) is 10.3. The number of Topliss-reactive ketones (excluding diaryl/α,β-unsaturated/α-hetero) is 2. The van der Waals surface area contributed by atoms with Crippen LogP contribution in [0.25, 0.3) is 0 Å². The van der Waals surface area contributed by atoms with Gasteiger partial charge in [0.25, 0.3) is 0 Å². The summed E-state index contributed by atoms with van der Waals surface area (Å²) in [5.74, 6) is -0.209. The number of benzene rings is 1. The molecule has 1 fully saturated rings. The fourth-order valence-corrected chi connectivity index (χ4v) is 7.76. The van der Waals surface area contributed by atoms with Gasteiger partial charge in [-0.05, 0) is 92.0 Å². The zero-order valence-corrected chi connectivity index (χ0v) is 29.6. The highest BCUT2D eigenvalue weighted by Gasteiger charge is 2.57. The largest absolute Gasteiger partial charge is 0.467 e. The van der Waals surface area contributed by atoms with E-state index in [9.17, 15) is 24.4 Å². The minimum atomic E-state index is -0.947. The third-order valence-electron chi connectivity index (χ3n) is 10.3. The van der Waals surface area contributed by atoms with Crippen LogP contribution >= 0.6 is 0 Å². The van der Waals surface area contributed by atoms with Crippen molar-refractivity contribution in [2.24, 2.45) is 0 Å². The standard InChI is InChI=1S/C36H47N5O7/c1-17-11-22-12-24-26(14-37)41-25(30(40(24)9)28(22)33(18(17)2)47-16-46-10)13-23-29(32(43)20(4)19(3)31(23)42)27(41)15-38-34(44)21(5)39-35(45)48-36(6,7)8/h11,21,24-27,30H,12-13,15-16H2,1-10H3,(H,38,44)(H,39,45)/t21-,24-,25?,26-,27-,30?/m0/s1. The quantitative estimate of drug-likeness (QED) is 0.329. The second kappa shape index (κ2) is 13.1. The lowest BCUT2D eigenvalue weighted by Crippen LogP contribution is -2.71. The van der Waals surface area contributed by atoms with Crippen LogP contribution in [0.15, 0.2) is 28.4 Å². The molecule has 0 aromatic heterocycles. The molecule has 258 valence electrons. The Bertz CT molecular complexity index is 1670. The van der Waals surface area contributed by atoms with Gasteiger partial charge in [0.2, 0.25) is 5.91 Å². The lowest BCUT2D eigenvalue weighted by atomic mass is 9.69. The summed E-state index contributed by atoms with van der Waals surface area (Å²) in [6, 6.07) is 1.41. The van der Waals surface area contributed by atoms with Gasteiger partial charge in [-0.2, -0.15) is 5.26 Å². The van der Waals surface area contributed by atoms with Crippen LogP contribution in [0, 0.1) is 25.2 Å². The van der Waals surface area contributed by atoms with Gasteiger partial charge in [0.1, 0.15) is 23.4 Å². The number of aryl methyl sites for hydroxylation is 1. The van der Waals surface area contributed by atoms with Gasteiger partial charge in [0, 0.05) is 53.6 Å². The Kier molecular flexibility index (Phi) is 9.63. The predicted molar refractivity (Wildman–Crippen MR) is 177 cm³/mol. The number of piperazine rings is 1. The van der Waals surface area contributed by atoms with Gasteiger partial charge < -0.3 is 24.8 Å². The molecule has 6 atom stereocenters. The van der Waals surface area contributed by atoms with Gasteiger partial charge in [-0.3, -0.25) is 24.2 Å². The summed E-state index contributed by atoms with van der Waals surface area (Å²) in [6.45, 7) is 14.1. The van der Waals surface area contributed by atoms with Gasteiger partial charge in [-0.1, -0.05) is 6.07 Å². The molecule has 48 heavy (non-hydrogen) atoms. The van der Waals surface area contributed by atoms with Crippen LogP contribution in [-0.4, -0.2) is 96.7 Å². The van der Waals surface area contributed by atoms with Crippen molar-refractivity contribution in [3.05, 3.63) is 50.6 Å². The minimum absolute atomic E-state index is 0.0476. The Morgan fingerprint density at radius 1 is 1.08 bits per heavy atom. The van der Waals surface area contributed by atoms with Crippen molar-refractivity contribution in [3.8, 4) is 11.8 Å². The highest BCUT2D eigenvalue weighted by atomic mass is 16.7. The van der Waals surface area contributed by atoms with Gasteiger partial charge in [0.15, 0.2) is 18.4 Å². The van der Waals surface area contributed by atoms with Crippen LogP contribution in [0.4, 0.5) is 4.79 Å². The number of nitriles is 1. The normalized spacial score (nSPS) is 26.2. The summed E-state index contributed by atoms with van der Waals surface area (Å²) in [5.41, 5.74) is 4.90. The van der Waals surface area contributed by atoms with Crippen LogP contribution in [-0.2, 0) is 30.3 Å². The van der Waals surface area contributed by atoms with E-state index >= 15 is 0 Å². The van der Waals surface area contributed by atoms with Crippen molar-refractivity contribution in [3.63, 3.8) is 0 Å². The maximum absolute atomic E-state index is 14.0. The topological polar surface area (TPSA) is 150 Å². The number of nitrogens with zero attached hydrogens (tertiary/aromatic N) is 3. The summed E-state index contributed by atoms with van der Waals surface area (Å²) in [5, 5.41) is 16.2. The second-order valence-corrected chi connectivity index (χ2v) is 14.4. The molecule has 3 heterocycles. The number of fused-ring (bicyclic) bond motifs is 6.